The van der Waals surface area contributed by atoms with Crippen LogP contribution in [0.5, 0.6) is 0 Å². The Bertz CT molecular complexity index is 1550. The van der Waals surface area contributed by atoms with Gasteiger partial charge in [0.1, 0.15) is 5.65 Å². The van der Waals surface area contributed by atoms with Crippen molar-refractivity contribution in [1.82, 2.24) is 9.38 Å². The maximum atomic E-state index is 5.00. The molecule has 2 nitrogen and oxygen atoms in total. The lowest BCUT2D eigenvalue weighted by molar-refractivity contribution is 0.392. The van der Waals surface area contributed by atoms with Crippen LogP contribution in [0.2, 0.25) is 0 Å². The SMILES string of the molecule is Cc1cccc(C)c1-c1cnc2c3ccccc3c3cc(CC(C)(C)C)c(CC(C)(C)C)cc3n12. The van der Waals surface area contributed by atoms with Crippen LogP contribution in [0.25, 0.3) is 38.6 Å². The smallest absolute Gasteiger partial charge is 0.145 e. The van der Waals surface area contributed by atoms with Gasteiger partial charge in [-0.15, -0.1) is 0 Å². The largest absolute Gasteiger partial charge is 0.292 e. The van der Waals surface area contributed by atoms with E-state index in [0.29, 0.717) is 0 Å². The van der Waals surface area contributed by atoms with Crippen LogP contribution in [0.15, 0.2) is 60.8 Å². The molecule has 2 aromatic heterocycles. The summed E-state index contributed by atoms with van der Waals surface area (Å²) < 4.78 is 2.42. The van der Waals surface area contributed by atoms with Crippen molar-refractivity contribution >= 4 is 27.3 Å². The molecule has 0 aliphatic rings. The summed E-state index contributed by atoms with van der Waals surface area (Å²) in [4.78, 5) is 5.00. The van der Waals surface area contributed by atoms with Gasteiger partial charge < -0.3 is 0 Å². The van der Waals surface area contributed by atoms with E-state index < -0.39 is 0 Å². The normalized spacial score (nSPS) is 12.8. The van der Waals surface area contributed by atoms with Crippen molar-refractivity contribution in [2.24, 2.45) is 10.8 Å². The van der Waals surface area contributed by atoms with E-state index in [0.717, 1.165) is 18.5 Å². The fraction of sp³-hybridized carbons (Fsp3) is 0.364. The van der Waals surface area contributed by atoms with Crippen LogP contribution in [0.4, 0.5) is 0 Å². The summed E-state index contributed by atoms with van der Waals surface area (Å²) in [6.07, 6.45) is 4.19. The number of benzene rings is 3. The van der Waals surface area contributed by atoms with Crippen molar-refractivity contribution < 1.29 is 0 Å². The first-order valence-corrected chi connectivity index (χ1v) is 12.8. The molecule has 5 rings (SSSR count). The number of aromatic nitrogens is 2. The van der Waals surface area contributed by atoms with Crippen molar-refractivity contribution in [1.29, 1.82) is 0 Å². The molecule has 5 aromatic rings. The Labute approximate surface area is 210 Å². The molecule has 35 heavy (non-hydrogen) atoms. The molecule has 2 heterocycles. The highest BCUT2D eigenvalue weighted by atomic mass is 15.0. The van der Waals surface area contributed by atoms with Crippen LogP contribution in [-0.4, -0.2) is 9.38 Å². The molecule has 0 atom stereocenters. The number of pyridine rings is 1. The lowest BCUT2D eigenvalue weighted by Gasteiger charge is -2.26. The maximum absolute atomic E-state index is 5.00. The van der Waals surface area contributed by atoms with E-state index in [1.165, 1.54) is 55.2 Å². The van der Waals surface area contributed by atoms with E-state index in [-0.39, 0.29) is 10.8 Å². The van der Waals surface area contributed by atoms with Gasteiger partial charge in [-0.2, -0.15) is 0 Å². The molecule has 0 aliphatic carbocycles. The van der Waals surface area contributed by atoms with Gasteiger partial charge in [-0.1, -0.05) is 84.0 Å². The van der Waals surface area contributed by atoms with Gasteiger partial charge >= 0.3 is 0 Å². The molecule has 0 N–H and O–H groups in total. The standard InChI is InChI=1S/C33H38N2/c1-21-12-11-13-22(2)30(21)29-20-34-31-26-15-10-9-14-25(26)27-16-23(18-32(3,4)5)24(19-33(6,7)8)17-28(27)35(29)31/h9-17,20H,18-19H2,1-8H3. The molecular formula is C33H38N2. The average Bonchev–Trinajstić information content (AvgIpc) is 3.17. The number of fused-ring (bicyclic) bond motifs is 6. The molecule has 0 spiro atoms. The number of aryl methyl sites for hydroxylation is 2. The van der Waals surface area contributed by atoms with Crippen LogP contribution in [-0.2, 0) is 12.8 Å². The predicted octanol–water partition coefficient (Wildman–Crippen LogP) is 9.10. The first-order chi connectivity index (χ1) is 16.4. The maximum Gasteiger partial charge on any atom is 0.145 e. The van der Waals surface area contributed by atoms with Gasteiger partial charge in [0, 0.05) is 16.3 Å². The minimum Gasteiger partial charge on any atom is -0.292 e. The Balaban J connectivity index is 1.95. The van der Waals surface area contributed by atoms with E-state index in [2.05, 4.69) is 121 Å². The van der Waals surface area contributed by atoms with E-state index >= 15 is 0 Å². The quantitative estimate of drug-likeness (QED) is 0.244. The number of nitrogens with zero attached hydrogens (tertiary/aromatic N) is 2. The molecule has 0 amide bonds. The molecule has 0 bridgehead atoms. The number of hydrogen-bond donors (Lipinski definition) is 0. The van der Waals surface area contributed by atoms with Gasteiger partial charge in [0.15, 0.2) is 0 Å². The Kier molecular flexibility index (Phi) is 5.55. The van der Waals surface area contributed by atoms with Gasteiger partial charge in [0.05, 0.1) is 17.4 Å². The zero-order chi connectivity index (χ0) is 25.1. The third-order valence-electron chi connectivity index (χ3n) is 6.96. The van der Waals surface area contributed by atoms with Gasteiger partial charge in [-0.25, -0.2) is 4.98 Å². The third-order valence-corrected chi connectivity index (χ3v) is 6.96. The molecule has 0 saturated carbocycles. The monoisotopic (exact) mass is 462 g/mol. The van der Waals surface area contributed by atoms with Crippen LogP contribution in [0, 0.1) is 24.7 Å². The van der Waals surface area contributed by atoms with Crippen molar-refractivity contribution in [3.63, 3.8) is 0 Å². The summed E-state index contributed by atoms with van der Waals surface area (Å²) >= 11 is 0. The van der Waals surface area contributed by atoms with Crippen molar-refractivity contribution in [3.05, 3.63) is 83.0 Å². The molecule has 0 saturated heterocycles. The first kappa shape index (κ1) is 23.6. The summed E-state index contributed by atoms with van der Waals surface area (Å²) in [5.41, 5.74) is 10.7. The van der Waals surface area contributed by atoms with E-state index in [4.69, 9.17) is 4.98 Å². The average molecular weight is 463 g/mol. The highest BCUT2D eigenvalue weighted by Gasteiger charge is 2.22. The van der Waals surface area contributed by atoms with Crippen molar-refractivity contribution in [2.75, 3.05) is 0 Å². The third kappa shape index (κ3) is 4.35. The lowest BCUT2D eigenvalue weighted by atomic mass is 9.80. The summed E-state index contributed by atoms with van der Waals surface area (Å²) in [5, 5.41) is 3.81. The summed E-state index contributed by atoms with van der Waals surface area (Å²) in [6, 6.07) is 20.3. The molecule has 180 valence electrons. The Hall–Kier alpha value is -3.13. The second-order valence-electron chi connectivity index (χ2n) is 12.7. The first-order valence-electron chi connectivity index (χ1n) is 12.8. The number of rotatable bonds is 3. The van der Waals surface area contributed by atoms with Crippen LogP contribution >= 0.6 is 0 Å². The second kappa shape index (κ2) is 8.22. The van der Waals surface area contributed by atoms with E-state index in [1.807, 2.05) is 0 Å². The predicted molar refractivity (Wildman–Crippen MR) is 151 cm³/mol. The summed E-state index contributed by atoms with van der Waals surface area (Å²) in [5.74, 6) is 0. The van der Waals surface area contributed by atoms with Crippen LogP contribution in [0.1, 0.15) is 63.8 Å². The lowest BCUT2D eigenvalue weighted by Crippen LogP contribution is -2.15. The summed E-state index contributed by atoms with van der Waals surface area (Å²) in [7, 11) is 0. The fourth-order valence-electron chi connectivity index (χ4n) is 5.64. The number of hydrogen-bond acceptors (Lipinski definition) is 1. The van der Waals surface area contributed by atoms with Crippen LogP contribution in [0.3, 0.4) is 0 Å². The van der Waals surface area contributed by atoms with Crippen molar-refractivity contribution in [3.8, 4) is 11.3 Å². The zero-order valence-electron chi connectivity index (χ0n) is 22.6. The molecule has 0 aliphatic heterocycles. The topological polar surface area (TPSA) is 17.3 Å². The van der Waals surface area contributed by atoms with Crippen LogP contribution < -0.4 is 0 Å². The zero-order valence-corrected chi connectivity index (χ0v) is 22.6. The minimum absolute atomic E-state index is 0.209. The Morgan fingerprint density at radius 3 is 1.86 bits per heavy atom. The molecule has 0 radical (unpaired) electrons. The fourth-order valence-corrected chi connectivity index (χ4v) is 5.64. The molecule has 0 fully saturated rings. The molecule has 2 heteroatoms. The van der Waals surface area contributed by atoms with Gasteiger partial charge in [-0.05, 0) is 77.3 Å². The Morgan fingerprint density at radius 2 is 1.26 bits per heavy atom. The van der Waals surface area contributed by atoms with E-state index in [9.17, 15) is 0 Å². The number of imidazole rings is 1. The minimum atomic E-state index is 0.209. The molecular weight excluding hydrogens is 424 g/mol. The Morgan fingerprint density at radius 1 is 0.686 bits per heavy atom. The molecule has 3 aromatic carbocycles. The van der Waals surface area contributed by atoms with Gasteiger partial charge in [0.25, 0.3) is 0 Å². The molecule has 0 unspecified atom stereocenters. The van der Waals surface area contributed by atoms with E-state index in [1.54, 1.807) is 0 Å². The summed E-state index contributed by atoms with van der Waals surface area (Å²) in [6.45, 7) is 18.5. The highest BCUT2D eigenvalue weighted by molar-refractivity contribution is 6.12. The van der Waals surface area contributed by atoms with Gasteiger partial charge in [0.2, 0.25) is 0 Å². The van der Waals surface area contributed by atoms with Gasteiger partial charge in [-0.3, -0.25) is 4.40 Å². The van der Waals surface area contributed by atoms with Crippen molar-refractivity contribution in [2.45, 2.75) is 68.2 Å². The second-order valence-corrected chi connectivity index (χ2v) is 12.7. The highest BCUT2D eigenvalue weighted by Crippen LogP contribution is 2.38.